The van der Waals surface area contributed by atoms with Crippen LogP contribution in [0, 0.1) is 5.82 Å². The van der Waals surface area contributed by atoms with Crippen LogP contribution in [0.5, 0.6) is 5.75 Å². The largest absolute Gasteiger partial charge is 0.495 e. The molecule has 0 spiro atoms. The summed E-state index contributed by atoms with van der Waals surface area (Å²) < 4.78 is 18.5. The van der Waals surface area contributed by atoms with Crippen LogP contribution < -0.4 is 10.1 Å². The average Bonchev–Trinajstić information content (AvgIpc) is 2.49. The molecule has 1 aromatic carbocycles. The number of aromatic nitrogens is 1. The number of hydrogen-bond donors (Lipinski definition) is 1. The third kappa shape index (κ3) is 3.93. The van der Waals surface area contributed by atoms with Gasteiger partial charge >= 0.3 is 0 Å². The van der Waals surface area contributed by atoms with Gasteiger partial charge < -0.3 is 10.1 Å². The minimum Gasteiger partial charge on any atom is -0.495 e. The Labute approximate surface area is 129 Å². The first kappa shape index (κ1) is 15.7. The van der Waals surface area contributed by atoms with Gasteiger partial charge in [0.05, 0.1) is 13.3 Å². The van der Waals surface area contributed by atoms with E-state index in [9.17, 15) is 4.39 Å². The van der Waals surface area contributed by atoms with Crippen molar-refractivity contribution in [1.29, 1.82) is 0 Å². The molecule has 2 aromatic rings. The van der Waals surface area contributed by atoms with E-state index in [1.165, 1.54) is 12.1 Å². The van der Waals surface area contributed by atoms with E-state index in [2.05, 4.69) is 10.3 Å². The van der Waals surface area contributed by atoms with E-state index >= 15 is 0 Å². The third-order valence-electron chi connectivity index (χ3n) is 3.30. The number of ether oxygens (including phenoxy) is 1. The van der Waals surface area contributed by atoms with E-state index in [4.69, 9.17) is 16.3 Å². The van der Waals surface area contributed by atoms with Gasteiger partial charge in [-0.3, -0.25) is 4.98 Å². The van der Waals surface area contributed by atoms with Crippen LogP contribution in [0.25, 0.3) is 0 Å². The van der Waals surface area contributed by atoms with Gasteiger partial charge in [-0.25, -0.2) is 4.39 Å². The predicted octanol–water partition coefficient (Wildman–Crippen LogP) is 3.78. The summed E-state index contributed by atoms with van der Waals surface area (Å²) in [6.45, 7) is 2.84. The number of nitrogens with zero attached hydrogens (tertiary/aromatic N) is 1. The molecule has 0 fully saturated rings. The maximum atomic E-state index is 13.1. The van der Waals surface area contributed by atoms with Gasteiger partial charge in [-0.1, -0.05) is 24.6 Å². The smallest absolute Gasteiger partial charge is 0.141 e. The minimum absolute atomic E-state index is 0.0240. The van der Waals surface area contributed by atoms with Crippen molar-refractivity contribution in [3.05, 3.63) is 58.6 Å². The Kier molecular flexibility index (Phi) is 5.53. The van der Waals surface area contributed by atoms with Crippen LogP contribution in [-0.4, -0.2) is 18.6 Å². The zero-order valence-corrected chi connectivity index (χ0v) is 12.8. The Morgan fingerprint density at radius 2 is 2.19 bits per heavy atom. The van der Waals surface area contributed by atoms with Gasteiger partial charge in [0.1, 0.15) is 11.6 Å². The molecule has 0 aliphatic heterocycles. The molecule has 3 nitrogen and oxygen atoms in total. The van der Waals surface area contributed by atoms with Crippen LogP contribution in [0.15, 0.2) is 36.7 Å². The van der Waals surface area contributed by atoms with E-state index in [-0.39, 0.29) is 11.9 Å². The molecule has 0 amide bonds. The number of halogens is 2. The third-order valence-corrected chi connectivity index (χ3v) is 3.65. The number of likely N-dealkylation sites (N-methyl/N-ethyl adjacent to an activating group) is 1. The van der Waals surface area contributed by atoms with Gasteiger partial charge in [0.2, 0.25) is 0 Å². The Morgan fingerprint density at radius 3 is 2.86 bits per heavy atom. The van der Waals surface area contributed by atoms with Gasteiger partial charge in [-0.15, -0.1) is 0 Å². The molecule has 0 aliphatic rings. The highest BCUT2D eigenvalue weighted by Crippen LogP contribution is 2.29. The summed E-state index contributed by atoms with van der Waals surface area (Å²) >= 11 is 6.12. The summed E-state index contributed by atoms with van der Waals surface area (Å²) in [5.74, 6) is 0.395. The van der Waals surface area contributed by atoms with Crippen molar-refractivity contribution in [2.24, 2.45) is 0 Å². The molecule has 1 N–H and O–H groups in total. The second-order valence-electron chi connectivity index (χ2n) is 4.67. The van der Waals surface area contributed by atoms with Gasteiger partial charge in [0.25, 0.3) is 0 Å². The second-order valence-corrected chi connectivity index (χ2v) is 5.07. The Balaban J connectivity index is 2.30. The van der Waals surface area contributed by atoms with Crippen molar-refractivity contribution < 1.29 is 9.13 Å². The van der Waals surface area contributed by atoms with Crippen molar-refractivity contribution >= 4 is 11.6 Å². The van der Waals surface area contributed by atoms with Crippen molar-refractivity contribution in [1.82, 2.24) is 10.3 Å². The first-order valence-electron chi connectivity index (χ1n) is 6.81. The second kappa shape index (κ2) is 7.38. The molecule has 0 radical (unpaired) electrons. The SMILES string of the molecule is CCNC(Cc1ccc(F)cc1Cl)c1ccncc1OC. The summed E-state index contributed by atoms with van der Waals surface area (Å²) in [6, 6.07) is 6.42. The molecule has 0 saturated heterocycles. The van der Waals surface area contributed by atoms with Gasteiger partial charge in [-0.05, 0) is 36.7 Å². The zero-order valence-electron chi connectivity index (χ0n) is 12.1. The standard InChI is InChI=1S/C16H18ClFN2O/c1-3-20-15(13-6-7-19-10-16(13)21-2)8-11-4-5-12(18)9-14(11)17/h4-7,9-10,15,20H,3,8H2,1-2H3. The molecular weight excluding hydrogens is 291 g/mol. The Bertz CT molecular complexity index is 607. The molecule has 5 heteroatoms. The maximum Gasteiger partial charge on any atom is 0.141 e. The van der Waals surface area contributed by atoms with E-state index in [1.54, 1.807) is 25.6 Å². The lowest BCUT2D eigenvalue weighted by atomic mass is 9.99. The number of methoxy groups -OCH3 is 1. The van der Waals surface area contributed by atoms with Crippen molar-refractivity contribution in [3.8, 4) is 5.75 Å². The number of pyridine rings is 1. The van der Waals surface area contributed by atoms with Gasteiger partial charge in [-0.2, -0.15) is 0 Å². The van der Waals surface area contributed by atoms with E-state index < -0.39 is 0 Å². The highest BCUT2D eigenvalue weighted by Gasteiger charge is 2.17. The van der Waals surface area contributed by atoms with Crippen molar-refractivity contribution in [2.45, 2.75) is 19.4 Å². The van der Waals surface area contributed by atoms with Crippen LogP contribution in [0.4, 0.5) is 4.39 Å². The highest BCUT2D eigenvalue weighted by molar-refractivity contribution is 6.31. The summed E-state index contributed by atoms with van der Waals surface area (Å²) in [5.41, 5.74) is 1.90. The lowest BCUT2D eigenvalue weighted by Crippen LogP contribution is -2.23. The van der Waals surface area contributed by atoms with E-state index in [0.29, 0.717) is 11.4 Å². The fourth-order valence-corrected chi connectivity index (χ4v) is 2.54. The summed E-state index contributed by atoms with van der Waals surface area (Å²) in [7, 11) is 1.62. The highest BCUT2D eigenvalue weighted by atomic mass is 35.5. The molecule has 0 saturated carbocycles. The monoisotopic (exact) mass is 308 g/mol. The predicted molar refractivity (Wildman–Crippen MR) is 82.3 cm³/mol. The van der Waals surface area contributed by atoms with Crippen LogP contribution in [0.1, 0.15) is 24.1 Å². The Morgan fingerprint density at radius 1 is 1.38 bits per heavy atom. The van der Waals surface area contributed by atoms with Gasteiger partial charge in [0.15, 0.2) is 0 Å². The molecular formula is C16H18ClFN2O. The number of rotatable bonds is 6. The lowest BCUT2D eigenvalue weighted by molar-refractivity contribution is 0.397. The van der Waals surface area contributed by atoms with Crippen LogP contribution in [0.3, 0.4) is 0 Å². The fraction of sp³-hybridized carbons (Fsp3) is 0.312. The summed E-state index contributed by atoms with van der Waals surface area (Å²) in [6.07, 6.45) is 4.06. The maximum absolute atomic E-state index is 13.1. The zero-order chi connectivity index (χ0) is 15.2. The molecule has 1 heterocycles. The molecule has 1 aromatic heterocycles. The van der Waals surface area contributed by atoms with Crippen LogP contribution in [-0.2, 0) is 6.42 Å². The van der Waals surface area contributed by atoms with Crippen LogP contribution in [0.2, 0.25) is 5.02 Å². The molecule has 2 rings (SSSR count). The minimum atomic E-state index is -0.328. The molecule has 1 unspecified atom stereocenters. The first-order valence-corrected chi connectivity index (χ1v) is 7.18. The van der Waals surface area contributed by atoms with Crippen molar-refractivity contribution in [2.75, 3.05) is 13.7 Å². The number of nitrogens with one attached hydrogen (secondary N) is 1. The molecule has 0 bridgehead atoms. The summed E-state index contributed by atoms with van der Waals surface area (Å²) in [4.78, 5) is 4.07. The van der Waals surface area contributed by atoms with Crippen LogP contribution >= 0.6 is 11.6 Å². The fourth-order valence-electron chi connectivity index (χ4n) is 2.29. The molecule has 21 heavy (non-hydrogen) atoms. The lowest BCUT2D eigenvalue weighted by Gasteiger charge is -2.21. The summed E-state index contributed by atoms with van der Waals surface area (Å²) in [5, 5.41) is 3.84. The normalized spacial score (nSPS) is 12.2. The topological polar surface area (TPSA) is 34.2 Å². The van der Waals surface area contributed by atoms with Gasteiger partial charge in [0, 0.05) is 22.8 Å². The molecule has 1 atom stereocenters. The average molecular weight is 309 g/mol. The van der Waals surface area contributed by atoms with E-state index in [0.717, 1.165) is 23.4 Å². The van der Waals surface area contributed by atoms with E-state index in [1.807, 2.05) is 13.0 Å². The molecule has 0 aliphatic carbocycles. The first-order chi connectivity index (χ1) is 10.2. The molecule has 112 valence electrons. The Hall–Kier alpha value is -1.65. The van der Waals surface area contributed by atoms with Crippen molar-refractivity contribution in [3.63, 3.8) is 0 Å². The quantitative estimate of drug-likeness (QED) is 0.882. The number of benzene rings is 1. The number of hydrogen-bond acceptors (Lipinski definition) is 3.